The van der Waals surface area contributed by atoms with Gasteiger partial charge in [0.25, 0.3) is 5.91 Å². The molecule has 0 bridgehead atoms. The molecule has 220 valence electrons. The number of sulfonamides is 1. The molecule has 13 heteroatoms. The number of nitrogens with one attached hydrogen (secondary N) is 3. The van der Waals surface area contributed by atoms with Crippen molar-refractivity contribution in [1.29, 1.82) is 0 Å². The molecule has 1 saturated carbocycles. The summed E-state index contributed by atoms with van der Waals surface area (Å²) in [6, 6.07) is -3.09. The fraction of sp³-hybridized carbons (Fsp3) is 0.769. The molecule has 0 unspecified atom stereocenters. The van der Waals surface area contributed by atoms with Gasteiger partial charge in [0, 0.05) is 19.1 Å². The van der Waals surface area contributed by atoms with Crippen LogP contribution in [0, 0.1) is 5.92 Å². The van der Waals surface area contributed by atoms with E-state index >= 15 is 0 Å². The van der Waals surface area contributed by atoms with Crippen molar-refractivity contribution in [3.05, 3.63) is 12.2 Å². The second-order valence-corrected chi connectivity index (χ2v) is 13.3. The molecule has 2 fully saturated rings. The average Bonchev–Trinajstić information content (AvgIpc) is 3.59. The third kappa shape index (κ3) is 8.92. The number of alkyl carbamates (subject to hydrolysis) is 1. The third-order valence-electron chi connectivity index (χ3n) is 6.84. The van der Waals surface area contributed by atoms with Crippen molar-refractivity contribution in [2.75, 3.05) is 19.8 Å². The Balaban J connectivity index is 1.84. The lowest BCUT2D eigenvalue weighted by Crippen LogP contribution is -2.58. The Bertz CT molecular complexity index is 1050. The van der Waals surface area contributed by atoms with Crippen molar-refractivity contribution in [1.82, 2.24) is 20.3 Å². The molecular weight excluding hydrogens is 528 g/mol. The highest BCUT2D eigenvalue weighted by atomic mass is 32.2. The second-order valence-electron chi connectivity index (χ2n) is 11.3. The molecule has 1 aliphatic carbocycles. The molecular formula is C26H42N4O8S. The summed E-state index contributed by atoms with van der Waals surface area (Å²) in [7, 11) is -3.82. The quantitative estimate of drug-likeness (QED) is 0.418. The van der Waals surface area contributed by atoms with Crippen molar-refractivity contribution >= 4 is 33.8 Å². The summed E-state index contributed by atoms with van der Waals surface area (Å²) in [5.41, 5.74) is -0.769. The topological polar surface area (TPSA) is 160 Å². The van der Waals surface area contributed by atoms with Gasteiger partial charge in [0.2, 0.25) is 21.8 Å². The predicted molar refractivity (Wildman–Crippen MR) is 143 cm³/mol. The smallest absolute Gasteiger partial charge is 0.408 e. The van der Waals surface area contributed by atoms with Gasteiger partial charge in [-0.15, -0.1) is 0 Å². The lowest BCUT2D eigenvalue weighted by Gasteiger charge is -2.31. The molecule has 0 spiro atoms. The number of hydrogen-bond donors (Lipinski definition) is 3. The van der Waals surface area contributed by atoms with Gasteiger partial charge in [0.05, 0.1) is 11.9 Å². The number of hydrogen-bond acceptors (Lipinski definition) is 8. The maximum atomic E-state index is 13.5. The lowest BCUT2D eigenvalue weighted by molar-refractivity contribution is -0.142. The van der Waals surface area contributed by atoms with Gasteiger partial charge >= 0.3 is 6.09 Å². The van der Waals surface area contributed by atoms with Crippen molar-refractivity contribution < 1.29 is 37.1 Å². The molecule has 4 atom stereocenters. The average molecular weight is 571 g/mol. The molecule has 2 aliphatic heterocycles. The summed E-state index contributed by atoms with van der Waals surface area (Å²) >= 11 is 0. The molecule has 3 rings (SSSR count). The van der Waals surface area contributed by atoms with Gasteiger partial charge < -0.3 is 25.0 Å². The Morgan fingerprint density at radius 3 is 2.54 bits per heavy atom. The summed E-state index contributed by atoms with van der Waals surface area (Å²) in [6.07, 6.45) is 6.52. The van der Waals surface area contributed by atoms with Gasteiger partial charge in [0.1, 0.15) is 23.7 Å². The van der Waals surface area contributed by atoms with Crippen molar-refractivity contribution in [3.63, 3.8) is 0 Å². The maximum absolute atomic E-state index is 13.5. The van der Waals surface area contributed by atoms with E-state index in [2.05, 4.69) is 15.4 Å². The molecule has 1 saturated heterocycles. The van der Waals surface area contributed by atoms with E-state index in [4.69, 9.17) is 9.47 Å². The summed E-state index contributed by atoms with van der Waals surface area (Å²) in [5, 5.41) is 4.73. The van der Waals surface area contributed by atoms with Gasteiger partial charge in [-0.25, -0.2) is 13.2 Å². The molecule has 3 aliphatic rings. The zero-order valence-electron chi connectivity index (χ0n) is 23.2. The summed E-state index contributed by atoms with van der Waals surface area (Å²) in [5.74, 6) is -2.29. The van der Waals surface area contributed by atoms with E-state index < -0.39 is 68.7 Å². The molecule has 12 nitrogen and oxygen atoms in total. The van der Waals surface area contributed by atoms with E-state index in [0.717, 1.165) is 0 Å². The van der Waals surface area contributed by atoms with Crippen molar-refractivity contribution in [3.8, 4) is 0 Å². The normalized spacial score (nSPS) is 28.4. The van der Waals surface area contributed by atoms with Crippen LogP contribution in [0.2, 0.25) is 0 Å². The van der Waals surface area contributed by atoms with Crippen LogP contribution in [0.15, 0.2) is 12.2 Å². The molecule has 0 aromatic carbocycles. The zero-order chi connectivity index (χ0) is 28.8. The number of carbonyl (C=O) groups is 4. The van der Waals surface area contributed by atoms with Crippen LogP contribution in [0.5, 0.6) is 0 Å². The first-order valence-corrected chi connectivity index (χ1v) is 15.3. The van der Waals surface area contributed by atoms with Gasteiger partial charge in [-0.3, -0.25) is 19.1 Å². The Morgan fingerprint density at radius 1 is 1.18 bits per heavy atom. The lowest BCUT2D eigenvalue weighted by atomic mass is 9.94. The Labute approximate surface area is 230 Å². The largest absolute Gasteiger partial charge is 0.444 e. The van der Waals surface area contributed by atoms with E-state index in [1.54, 1.807) is 20.8 Å². The van der Waals surface area contributed by atoms with Crippen LogP contribution in [-0.4, -0.2) is 85.9 Å². The Morgan fingerprint density at radius 2 is 1.90 bits per heavy atom. The van der Waals surface area contributed by atoms with E-state index in [1.807, 2.05) is 19.1 Å². The van der Waals surface area contributed by atoms with Crippen LogP contribution in [0.3, 0.4) is 0 Å². The van der Waals surface area contributed by atoms with Crippen LogP contribution < -0.4 is 15.4 Å². The number of rotatable bonds is 5. The molecule has 4 amide bonds. The maximum Gasteiger partial charge on any atom is 0.408 e. The minimum atomic E-state index is -3.82. The highest BCUT2D eigenvalue weighted by Gasteiger charge is 2.42. The first kappa shape index (κ1) is 30.9. The minimum Gasteiger partial charge on any atom is -0.444 e. The number of allylic oxidation sites excluding steroid dienone is 1. The minimum absolute atomic E-state index is 0.0890. The predicted octanol–water partition coefficient (Wildman–Crippen LogP) is 1.36. The highest BCUT2D eigenvalue weighted by molar-refractivity contribution is 7.90. The van der Waals surface area contributed by atoms with Crippen LogP contribution in [0.1, 0.15) is 72.6 Å². The van der Waals surface area contributed by atoms with Gasteiger partial charge in [-0.1, -0.05) is 19.1 Å². The standard InChI is InChI=1S/C26H42N4O8S/c1-5-17-10-7-6-8-15-37-16-19(27-25(34)38-26(2,3)4)24(33)30-14-9-11-20(30)22(31)28-21(17)23(32)29-39(35,36)18-12-13-18/h7,10,17-21H,5-6,8-9,11-16H2,1-4H3,(H,27,34)(H,28,31)(H,29,32)/b10-7-/t17-,19-,20-,21+/m0/s1. The SMILES string of the molecule is CC[C@H]1/C=C\CCCOC[C@H](NC(=O)OC(C)(C)C)C(=O)N2CCC[C@H]2C(=O)N[C@H]1C(=O)NS(=O)(=O)C1CC1. The Hall–Kier alpha value is -2.67. The van der Waals surface area contributed by atoms with Crippen molar-refractivity contribution in [2.45, 2.75) is 102 Å². The molecule has 0 aromatic rings. The van der Waals surface area contributed by atoms with E-state index in [-0.39, 0.29) is 13.2 Å². The van der Waals surface area contributed by atoms with Crippen LogP contribution in [0.25, 0.3) is 0 Å². The first-order chi connectivity index (χ1) is 18.3. The van der Waals surface area contributed by atoms with E-state index in [1.165, 1.54) is 4.90 Å². The number of carbonyl (C=O) groups excluding carboxylic acids is 4. The fourth-order valence-corrected chi connectivity index (χ4v) is 6.00. The number of fused-ring (bicyclic) bond motifs is 1. The van der Waals surface area contributed by atoms with Crippen LogP contribution in [0.4, 0.5) is 4.79 Å². The summed E-state index contributed by atoms with van der Waals surface area (Å²) in [4.78, 5) is 54.1. The summed E-state index contributed by atoms with van der Waals surface area (Å²) < 4.78 is 38.1. The van der Waals surface area contributed by atoms with E-state index in [9.17, 15) is 27.6 Å². The van der Waals surface area contributed by atoms with Gasteiger partial charge in [0.15, 0.2) is 0 Å². The van der Waals surface area contributed by atoms with Gasteiger partial charge in [-0.2, -0.15) is 0 Å². The van der Waals surface area contributed by atoms with Crippen LogP contribution in [-0.2, 0) is 33.9 Å². The molecule has 39 heavy (non-hydrogen) atoms. The third-order valence-corrected chi connectivity index (χ3v) is 8.68. The highest BCUT2D eigenvalue weighted by Crippen LogP contribution is 2.28. The number of nitrogens with zero attached hydrogens (tertiary/aromatic N) is 1. The number of ether oxygens (including phenoxy) is 2. The molecule has 2 heterocycles. The molecule has 0 aromatic heterocycles. The van der Waals surface area contributed by atoms with Gasteiger partial charge in [-0.05, 0) is 65.7 Å². The molecule has 0 radical (unpaired) electrons. The van der Waals surface area contributed by atoms with Crippen molar-refractivity contribution in [2.24, 2.45) is 5.92 Å². The second kappa shape index (κ2) is 13.1. The first-order valence-electron chi connectivity index (χ1n) is 13.7. The monoisotopic (exact) mass is 570 g/mol. The summed E-state index contributed by atoms with van der Waals surface area (Å²) in [6.45, 7) is 7.50. The molecule has 3 N–H and O–H groups in total. The van der Waals surface area contributed by atoms with Crippen LogP contribution >= 0.6 is 0 Å². The number of amides is 4. The Kier molecular flexibility index (Phi) is 10.4. The fourth-order valence-electron chi connectivity index (χ4n) is 4.67. The van der Waals surface area contributed by atoms with E-state index in [0.29, 0.717) is 51.6 Å². The zero-order valence-corrected chi connectivity index (χ0v) is 24.1.